The summed E-state index contributed by atoms with van der Waals surface area (Å²) >= 11 is 3.30. The van der Waals surface area contributed by atoms with Crippen LogP contribution >= 0.6 is 15.9 Å². The number of nitrogens with zero attached hydrogens (tertiary/aromatic N) is 1. The number of rotatable bonds is 3. The van der Waals surface area contributed by atoms with E-state index in [2.05, 4.69) is 15.9 Å². The van der Waals surface area contributed by atoms with Crippen molar-refractivity contribution in [3.05, 3.63) is 38.7 Å². The van der Waals surface area contributed by atoms with Crippen LogP contribution in [0.15, 0.2) is 27.6 Å². The third-order valence-electron chi connectivity index (χ3n) is 4.65. The number of ether oxygens (including phenoxy) is 4. The lowest BCUT2D eigenvalue weighted by molar-refractivity contribution is -0.203. The predicted octanol–water partition coefficient (Wildman–Crippen LogP) is 2.05. The van der Waals surface area contributed by atoms with Crippen LogP contribution in [0.1, 0.15) is 18.2 Å². The molecule has 0 bridgehead atoms. The topological polar surface area (TPSA) is 58.9 Å². The first kappa shape index (κ1) is 16.7. The quantitative estimate of drug-likeness (QED) is 0.745. The molecular formula is C16H20BrNO5. The van der Waals surface area contributed by atoms with E-state index in [1.165, 1.54) is 7.11 Å². The van der Waals surface area contributed by atoms with Gasteiger partial charge in [-0.2, -0.15) is 0 Å². The normalized spacial score (nSPS) is 29.6. The van der Waals surface area contributed by atoms with Gasteiger partial charge in [-0.3, -0.25) is 4.79 Å². The van der Waals surface area contributed by atoms with Crippen LogP contribution in [0.4, 0.5) is 0 Å². The Balaban J connectivity index is 2.25. The molecule has 3 unspecified atom stereocenters. The highest BCUT2D eigenvalue weighted by Crippen LogP contribution is 2.46. The summed E-state index contributed by atoms with van der Waals surface area (Å²) in [4.78, 5) is 12.4. The first-order chi connectivity index (χ1) is 11.1. The van der Waals surface area contributed by atoms with E-state index in [9.17, 15) is 4.79 Å². The maximum absolute atomic E-state index is 12.4. The first-order valence-electron chi connectivity index (χ1n) is 7.40. The molecule has 0 fully saturated rings. The van der Waals surface area contributed by atoms with E-state index in [0.717, 1.165) is 0 Å². The Labute approximate surface area is 143 Å². The smallest absolute Gasteiger partial charge is 0.237 e. The van der Waals surface area contributed by atoms with Gasteiger partial charge in [0, 0.05) is 26.8 Å². The predicted molar refractivity (Wildman–Crippen MR) is 87.9 cm³/mol. The van der Waals surface area contributed by atoms with E-state index in [0.29, 0.717) is 29.7 Å². The number of hydrogen-bond donors (Lipinski definition) is 0. The van der Waals surface area contributed by atoms with Gasteiger partial charge in [0.1, 0.15) is 17.8 Å². The molecule has 0 N–H and O–H groups in total. The van der Waals surface area contributed by atoms with Crippen LogP contribution in [0.2, 0.25) is 0 Å². The van der Waals surface area contributed by atoms with Gasteiger partial charge < -0.3 is 23.5 Å². The molecule has 0 aromatic carbocycles. The van der Waals surface area contributed by atoms with Gasteiger partial charge in [-0.05, 0) is 15.9 Å². The van der Waals surface area contributed by atoms with Crippen molar-refractivity contribution < 1.29 is 18.9 Å². The second-order valence-electron chi connectivity index (χ2n) is 5.65. The van der Waals surface area contributed by atoms with Gasteiger partial charge in [0.25, 0.3) is 0 Å². The van der Waals surface area contributed by atoms with Crippen molar-refractivity contribution in [2.24, 2.45) is 0 Å². The molecule has 0 spiro atoms. The van der Waals surface area contributed by atoms with Crippen molar-refractivity contribution in [3.8, 4) is 5.75 Å². The number of halogens is 1. The molecule has 0 saturated carbocycles. The average Bonchev–Trinajstić information content (AvgIpc) is 2.77. The highest BCUT2D eigenvalue weighted by molar-refractivity contribution is 9.10. The van der Waals surface area contributed by atoms with Crippen LogP contribution in [0.3, 0.4) is 0 Å². The minimum Gasteiger partial charge on any atom is -0.491 e. The minimum atomic E-state index is -0.699. The van der Waals surface area contributed by atoms with Crippen molar-refractivity contribution in [1.82, 2.24) is 4.57 Å². The Kier molecular flexibility index (Phi) is 4.64. The van der Waals surface area contributed by atoms with Gasteiger partial charge in [-0.1, -0.05) is 12.2 Å². The highest BCUT2D eigenvalue weighted by Gasteiger charge is 2.53. The van der Waals surface area contributed by atoms with Crippen molar-refractivity contribution in [2.75, 3.05) is 27.9 Å². The van der Waals surface area contributed by atoms with Crippen LogP contribution in [0, 0.1) is 0 Å². The fourth-order valence-corrected chi connectivity index (χ4v) is 3.97. The Morgan fingerprint density at radius 2 is 2.13 bits per heavy atom. The van der Waals surface area contributed by atoms with Crippen LogP contribution in [0.25, 0.3) is 0 Å². The summed E-state index contributed by atoms with van der Waals surface area (Å²) in [6.45, 7) is 1.08. The Bertz CT molecular complexity index is 686. The van der Waals surface area contributed by atoms with Gasteiger partial charge in [0.15, 0.2) is 5.75 Å². The molecule has 0 radical (unpaired) electrons. The zero-order valence-electron chi connectivity index (χ0n) is 13.4. The summed E-state index contributed by atoms with van der Waals surface area (Å²) < 4.78 is 25.5. The van der Waals surface area contributed by atoms with Gasteiger partial charge in [0.2, 0.25) is 5.43 Å². The largest absolute Gasteiger partial charge is 0.491 e. The zero-order chi connectivity index (χ0) is 16.6. The second-order valence-corrected chi connectivity index (χ2v) is 6.50. The molecule has 0 saturated heterocycles. The van der Waals surface area contributed by atoms with Crippen LogP contribution in [-0.2, 0) is 20.8 Å². The molecular weight excluding hydrogens is 366 g/mol. The molecule has 2 aliphatic rings. The number of methoxy groups -OCH3 is 3. The molecule has 6 nitrogen and oxygen atoms in total. The van der Waals surface area contributed by atoms with Gasteiger partial charge in [0.05, 0.1) is 30.4 Å². The van der Waals surface area contributed by atoms with Crippen molar-refractivity contribution in [2.45, 2.75) is 30.8 Å². The average molecular weight is 386 g/mol. The molecule has 23 heavy (non-hydrogen) atoms. The first-order valence-corrected chi connectivity index (χ1v) is 8.19. The maximum atomic E-state index is 12.4. The molecule has 1 aromatic heterocycles. The number of hydrogen-bond acceptors (Lipinski definition) is 5. The summed E-state index contributed by atoms with van der Waals surface area (Å²) in [5.41, 5.74) is -0.217. The molecule has 2 aliphatic heterocycles. The van der Waals surface area contributed by atoms with E-state index < -0.39 is 11.7 Å². The number of pyridine rings is 1. The van der Waals surface area contributed by atoms with Crippen molar-refractivity contribution in [1.29, 1.82) is 0 Å². The van der Waals surface area contributed by atoms with Gasteiger partial charge >= 0.3 is 0 Å². The third-order valence-corrected chi connectivity index (χ3v) is 5.22. The van der Waals surface area contributed by atoms with E-state index in [1.54, 1.807) is 20.4 Å². The fourth-order valence-electron chi connectivity index (χ4n) is 3.54. The number of fused-ring (bicyclic) bond motifs is 2. The van der Waals surface area contributed by atoms with E-state index >= 15 is 0 Å². The highest BCUT2D eigenvalue weighted by atomic mass is 79.9. The van der Waals surface area contributed by atoms with Crippen molar-refractivity contribution in [3.63, 3.8) is 0 Å². The molecule has 3 rings (SSSR count). The van der Waals surface area contributed by atoms with Crippen molar-refractivity contribution >= 4 is 15.9 Å². The maximum Gasteiger partial charge on any atom is 0.237 e. The Hall–Kier alpha value is -1.15. The van der Waals surface area contributed by atoms with Crippen LogP contribution in [0.5, 0.6) is 5.75 Å². The number of aromatic nitrogens is 1. The second kappa shape index (κ2) is 6.39. The summed E-state index contributed by atoms with van der Waals surface area (Å²) in [6, 6.07) is 0. The Morgan fingerprint density at radius 1 is 1.35 bits per heavy atom. The fraction of sp³-hybridized carbons (Fsp3) is 0.562. The van der Waals surface area contributed by atoms with Gasteiger partial charge in [-0.25, -0.2) is 0 Å². The van der Waals surface area contributed by atoms with Crippen LogP contribution in [-0.4, -0.2) is 44.2 Å². The van der Waals surface area contributed by atoms with E-state index in [-0.39, 0.29) is 17.3 Å². The molecule has 1 aromatic rings. The standard InChI is InChI=1S/C16H20BrNO5/c1-20-14-12-15(21-2)16(22-3)6-4-5-7-23-11(16)9-18(12)8-10(17)13(14)19/h4-5,8,11,15H,6-7,9H2,1-3H3. The monoisotopic (exact) mass is 385 g/mol. The zero-order valence-corrected chi connectivity index (χ0v) is 15.0. The summed E-state index contributed by atoms with van der Waals surface area (Å²) in [5, 5.41) is 0. The Morgan fingerprint density at radius 3 is 2.78 bits per heavy atom. The lowest BCUT2D eigenvalue weighted by Gasteiger charge is -2.47. The minimum absolute atomic E-state index is 0.195. The lowest BCUT2D eigenvalue weighted by Crippen LogP contribution is -2.56. The summed E-state index contributed by atoms with van der Waals surface area (Å²) in [7, 11) is 4.76. The van der Waals surface area contributed by atoms with Crippen LogP contribution < -0.4 is 10.2 Å². The summed E-state index contributed by atoms with van der Waals surface area (Å²) in [5.74, 6) is 0.273. The van der Waals surface area contributed by atoms with Gasteiger partial charge in [-0.15, -0.1) is 0 Å². The molecule has 0 amide bonds. The lowest BCUT2D eigenvalue weighted by atomic mass is 9.81. The third kappa shape index (κ3) is 2.46. The molecule has 3 atom stereocenters. The van der Waals surface area contributed by atoms with E-state index in [4.69, 9.17) is 18.9 Å². The van der Waals surface area contributed by atoms with E-state index in [1.807, 2.05) is 16.7 Å². The molecule has 126 valence electrons. The SMILES string of the molecule is COc1c2n(cc(Br)c1=O)CC1OCC=CCC1(OC)C2OC. The molecule has 7 heteroatoms. The molecule has 3 heterocycles. The molecule has 0 aliphatic carbocycles. The summed E-state index contributed by atoms with van der Waals surface area (Å²) in [6.07, 6.45) is 5.74.